The van der Waals surface area contributed by atoms with Crippen LogP contribution in [0.3, 0.4) is 0 Å². The molecule has 0 saturated heterocycles. The molecule has 0 fully saturated rings. The molecule has 1 nitrogen and oxygen atoms in total. The van der Waals surface area contributed by atoms with Crippen molar-refractivity contribution in [2.24, 2.45) is 0 Å². The molecular formula is C30H22O. The van der Waals surface area contributed by atoms with E-state index in [0.717, 1.165) is 16.3 Å². The van der Waals surface area contributed by atoms with Crippen molar-refractivity contribution in [2.75, 3.05) is 0 Å². The first kappa shape index (κ1) is 18.9. The van der Waals surface area contributed by atoms with Crippen LogP contribution in [0, 0.1) is 0 Å². The van der Waals surface area contributed by atoms with E-state index >= 15 is 0 Å². The zero-order valence-electron chi connectivity index (χ0n) is 17.2. The first-order valence-electron chi connectivity index (χ1n) is 10.3. The van der Waals surface area contributed by atoms with Crippen molar-refractivity contribution in [3.05, 3.63) is 115 Å². The Morgan fingerprint density at radius 3 is 1.90 bits per heavy atom. The Kier molecular flexibility index (Phi) is 4.65. The van der Waals surface area contributed by atoms with Gasteiger partial charge in [-0.2, -0.15) is 0 Å². The summed E-state index contributed by atoms with van der Waals surface area (Å²) < 4.78 is 0. The van der Waals surface area contributed by atoms with Gasteiger partial charge in [0.15, 0.2) is 0 Å². The van der Waals surface area contributed by atoms with Gasteiger partial charge in [-0.25, -0.2) is 0 Å². The number of aromatic hydroxyl groups is 1. The van der Waals surface area contributed by atoms with Crippen molar-refractivity contribution in [1.29, 1.82) is 0 Å². The molecule has 0 amide bonds. The van der Waals surface area contributed by atoms with Crippen molar-refractivity contribution in [3.8, 4) is 5.75 Å². The monoisotopic (exact) mass is 398 g/mol. The van der Waals surface area contributed by atoms with Gasteiger partial charge in [-0.05, 0) is 72.4 Å². The first-order valence-corrected chi connectivity index (χ1v) is 10.3. The summed E-state index contributed by atoms with van der Waals surface area (Å²) >= 11 is 0. The van der Waals surface area contributed by atoms with Crippen LogP contribution in [0.1, 0.15) is 11.1 Å². The molecule has 6 rings (SSSR count). The van der Waals surface area contributed by atoms with Crippen LogP contribution in [0.2, 0.25) is 0 Å². The largest absolute Gasteiger partial charge is 0.508 e. The summed E-state index contributed by atoms with van der Waals surface area (Å²) in [5.74, 6) is 0.304. The molecule has 0 saturated carbocycles. The van der Waals surface area contributed by atoms with Gasteiger partial charge in [-0.15, -0.1) is 0 Å². The molecule has 148 valence electrons. The van der Waals surface area contributed by atoms with E-state index < -0.39 is 0 Å². The minimum absolute atomic E-state index is 0.304. The molecule has 0 aromatic heterocycles. The lowest BCUT2D eigenvalue weighted by atomic mass is 9.92. The van der Waals surface area contributed by atoms with E-state index in [0.29, 0.717) is 5.75 Å². The summed E-state index contributed by atoms with van der Waals surface area (Å²) in [5, 5.41) is 19.4. The van der Waals surface area contributed by atoms with Gasteiger partial charge in [0.2, 0.25) is 0 Å². The second-order valence-corrected chi connectivity index (χ2v) is 7.71. The summed E-state index contributed by atoms with van der Waals surface area (Å²) in [4.78, 5) is 0. The maximum Gasteiger partial charge on any atom is 0.116 e. The van der Waals surface area contributed by atoms with Crippen molar-refractivity contribution in [2.45, 2.75) is 0 Å². The van der Waals surface area contributed by atoms with E-state index in [9.17, 15) is 5.11 Å². The van der Waals surface area contributed by atoms with Crippen LogP contribution >= 0.6 is 0 Å². The van der Waals surface area contributed by atoms with Crippen LogP contribution in [-0.2, 0) is 0 Å². The number of hydrogen-bond donors (Lipinski definition) is 1. The number of phenols is 1. The highest BCUT2D eigenvalue weighted by atomic mass is 16.3. The maximum absolute atomic E-state index is 9.24. The van der Waals surface area contributed by atoms with Crippen LogP contribution in [0.15, 0.2) is 104 Å². The van der Waals surface area contributed by atoms with Crippen molar-refractivity contribution >= 4 is 55.2 Å². The standard InChI is InChI=1S/C18H12.C12H10O/c1-2-12-6-7-15-9-8-13-4-3-5-14-10-11-16(12)18(15)17(13)14;1-2-9-3-4-11-8-12(13)6-5-10(11)7-9/h2-11H,1H2;2-8,13H,1H2. The van der Waals surface area contributed by atoms with Crippen molar-refractivity contribution in [1.82, 2.24) is 0 Å². The van der Waals surface area contributed by atoms with Gasteiger partial charge in [0.05, 0.1) is 0 Å². The molecule has 6 aromatic carbocycles. The van der Waals surface area contributed by atoms with Gasteiger partial charge >= 0.3 is 0 Å². The molecule has 0 bridgehead atoms. The summed E-state index contributed by atoms with van der Waals surface area (Å²) in [6, 6.07) is 31.0. The first-order chi connectivity index (χ1) is 15.2. The molecule has 0 unspecified atom stereocenters. The highest BCUT2D eigenvalue weighted by molar-refractivity contribution is 6.24. The SMILES string of the molecule is C=Cc1ccc2cc(O)ccc2c1.C=Cc1ccc2ccc3cccc4ccc1c2c34. The van der Waals surface area contributed by atoms with E-state index in [-0.39, 0.29) is 0 Å². The highest BCUT2D eigenvalue weighted by Gasteiger charge is 2.08. The Bertz CT molecular complexity index is 1560. The number of phenolic OH excluding ortho intramolecular Hbond substituents is 1. The molecule has 0 heterocycles. The lowest BCUT2D eigenvalue weighted by Gasteiger charge is -2.12. The minimum Gasteiger partial charge on any atom is -0.508 e. The van der Waals surface area contributed by atoms with E-state index in [2.05, 4.69) is 67.8 Å². The van der Waals surface area contributed by atoms with Gasteiger partial charge in [0.25, 0.3) is 0 Å². The Hall–Kier alpha value is -4.10. The van der Waals surface area contributed by atoms with Crippen LogP contribution in [0.5, 0.6) is 5.75 Å². The molecule has 0 aliphatic rings. The van der Waals surface area contributed by atoms with Crippen LogP contribution in [0.25, 0.3) is 55.2 Å². The summed E-state index contributed by atoms with van der Waals surface area (Å²) in [6.07, 6.45) is 3.75. The fraction of sp³-hybridized carbons (Fsp3) is 0. The number of benzene rings is 6. The predicted octanol–water partition coefficient (Wildman–Crippen LogP) is 8.42. The molecule has 1 heteroatoms. The van der Waals surface area contributed by atoms with Gasteiger partial charge < -0.3 is 5.11 Å². The molecule has 0 atom stereocenters. The van der Waals surface area contributed by atoms with Crippen molar-refractivity contribution < 1.29 is 5.11 Å². The van der Waals surface area contributed by atoms with E-state index in [1.807, 2.05) is 36.4 Å². The zero-order valence-corrected chi connectivity index (χ0v) is 17.2. The number of rotatable bonds is 2. The Balaban J connectivity index is 0.000000140. The van der Waals surface area contributed by atoms with Crippen LogP contribution in [-0.4, -0.2) is 5.11 Å². The third-order valence-electron chi connectivity index (χ3n) is 5.87. The normalized spacial score (nSPS) is 11.0. The molecule has 31 heavy (non-hydrogen) atoms. The summed E-state index contributed by atoms with van der Waals surface area (Å²) in [7, 11) is 0. The fourth-order valence-corrected chi connectivity index (χ4v) is 4.31. The molecule has 0 spiro atoms. The third kappa shape index (κ3) is 3.31. The molecular weight excluding hydrogens is 376 g/mol. The molecule has 1 N–H and O–H groups in total. The average Bonchev–Trinajstić information content (AvgIpc) is 2.82. The summed E-state index contributed by atoms with van der Waals surface area (Å²) in [5.41, 5.74) is 2.30. The number of hydrogen-bond acceptors (Lipinski definition) is 1. The maximum atomic E-state index is 9.24. The highest BCUT2D eigenvalue weighted by Crippen LogP contribution is 2.36. The summed E-state index contributed by atoms with van der Waals surface area (Å²) in [6.45, 7) is 7.62. The topological polar surface area (TPSA) is 20.2 Å². The predicted molar refractivity (Wildman–Crippen MR) is 136 cm³/mol. The molecule has 0 radical (unpaired) electrons. The van der Waals surface area contributed by atoms with Crippen LogP contribution in [0.4, 0.5) is 0 Å². The quantitative estimate of drug-likeness (QED) is 0.290. The lowest BCUT2D eigenvalue weighted by molar-refractivity contribution is 0.476. The number of fused-ring (bicyclic) bond motifs is 1. The van der Waals surface area contributed by atoms with E-state index in [1.165, 1.54) is 37.9 Å². The van der Waals surface area contributed by atoms with Gasteiger partial charge in [0.1, 0.15) is 5.75 Å². The Labute approximate surface area is 181 Å². The molecule has 6 aromatic rings. The lowest BCUT2D eigenvalue weighted by Crippen LogP contribution is -1.85. The van der Waals surface area contributed by atoms with Gasteiger partial charge in [-0.3, -0.25) is 0 Å². The Morgan fingerprint density at radius 2 is 1.16 bits per heavy atom. The van der Waals surface area contributed by atoms with Crippen molar-refractivity contribution in [3.63, 3.8) is 0 Å². The fourth-order valence-electron chi connectivity index (χ4n) is 4.31. The molecule has 0 aliphatic heterocycles. The van der Waals surface area contributed by atoms with Gasteiger partial charge in [0, 0.05) is 0 Å². The Morgan fingerprint density at radius 1 is 0.548 bits per heavy atom. The van der Waals surface area contributed by atoms with E-state index in [1.54, 1.807) is 12.1 Å². The smallest absolute Gasteiger partial charge is 0.116 e. The second kappa shape index (κ2) is 7.62. The minimum atomic E-state index is 0.304. The third-order valence-corrected chi connectivity index (χ3v) is 5.87. The van der Waals surface area contributed by atoms with E-state index in [4.69, 9.17) is 0 Å². The second-order valence-electron chi connectivity index (χ2n) is 7.71. The average molecular weight is 399 g/mol. The van der Waals surface area contributed by atoms with Gasteiger partial charge in [-0.1, -0.05) is 98.1 Å². The molecule has 0 aliphatic carbocycles. The zero-order chi connectivity index (χ0) is 21.4. The van der Waals surface area contributed by atoms with Crippen LogP contribution < -0.4 is 0 Å².